The molecule has 0 aliphatic rings. The third-order valence-electron chi connectivity index (χ3n) is 9.37. The summed E-state index contributed by atoms with van der Waals surface area (Å²) in [7, 11) is 0. The van der Waals surface area contributed by atoms with Crippen molar-refractivity contribution in [3.8, 4) is 56.4 Å². The van der Waals surface area contributed by atoms with Crippen LogP contribution in [0, 0.1) is 0 Å². The Morgan fingerprint density at radius 2 is 0.860 bits per heavy atom. The van der Waals surface area contributed by atoms with Crippen molar-refractivity contribution in [2.24, 2.45) is 0 Å². The lowest BCUT2D eigenvalue weighted by molar-refractivity contribution is 0.669. The van der Waals surface area contributed by atoms with E-state index in [1.54, 1.807) is 0 Å². The molecule has 0 radical (unpaired) electrons. The lowest BCUT2D eigenvalue weighted by atomic mass is 9.98. The highest BCUT2D eigenvalue weighted by Gasteiger charge is 2.19. The van der Waals surface area contributed by atoms with Gasteiger partial charge in [-0.2, -0.15) is 0 Å². The molecule has 0 N–H and O–H groups in total. The van der Waals surface area contributed by atoms with Crippen molar-refractivity contribution < 1.29 is 8.83 Å². The van der Waals surface area contributed by atoms with Crippen LogP contribution in [-0.4, -0.2) is 15.0 Å². The maximum absolute atomic E-state index is 6.43. The Labute approximate surface area is 287 Å². The molecule has 3 aromatic heterocycles. The zero-order valence-corrected chi connectivity index (χ0v) is 26.7. The van der Waals surface area contributed by atoms with Crippen LogP contribution in [0.1, 0.15) is 0 Å². The normalized spacial score (nSPS) is 11.6. The van der Waals surface area contributed by atoms with Gasteiger partial charge in [0.25, 0.3) is 0 Å². The van der Waals surface area contributed by atoms with Crippen LogP contribution in [0.5, 0.6) is 0 Å². The molecule has 7 aromatic carbocycles. The molecule has 0 aliphatic heterocycles. The molecule has 0 saturated carbocycles. The van der Waals surface area contributed by atoms with Gasteiger partial charge in [0.2, 0.25) is 0 Å². The number of fused-ring (bicyclic) bond motifs is 6. The van der Waals surface area contributed by atoms with E-state index in [0.29, 0.717) is 17.5 Å². The Bertz CT molecular complexity index is 2870. The number of para-hydroxylation sites is 3. The molecular formula is C45H27N3O2. The zero-order valence-electron chi connectivity index (χ0n) is 26.7. The summed E-state index contributed by atoms with van der Waals surface area (Å²) >= 11 is 0. The first-order valence-electron chi connectivity index (χ1n) is 16.6. The van der Waals surface area contributed by atoms with E-state index in [-0.39, 0.29) is 0 Å². The smallest absolute Gasteiger partial charge is 0.167 e. The largest absolute Gasteiger partial charge is 0.456 e. The SMILES string of the molecule is c1ccc(-c2ccc(-c3nc(-c4cccc(-c5cccc6oc7ccccc7c56)c4)nc(-c4cccc5c4oc4ccccc45)n3)cc2)cc1. The van der Waals surface area contributed by atoms with Gasteiger partial charge in [-0.1, -0.05) is 133 Å². The summed E-state index contributed by atoms with van der Waals surface area (Å²) in [4.78, 5) is 15.3. The quantitative estimate of drug-likeness (QED) is 0.187. The molecule has 0 saturated heterocycles. The van der Waals surface area contributed by atoms with Crippen LogP contribution < -0.4 is 0 Å². The Morgan fingerprint density at radius 1 is 0.320 bits per heavy atom. The molecule has 0 spiro atoms. The fraction of sp³-hybridized carbons (Fsp3) is 0. The lowest BCUT2D eigenvalue weighted by Crippen LogP contribution is -2.00. The molecule has 0 amide bonds. The van der Waals surface area contributed by atoms with Gasteiger partial charge in [-0.05, 0) is 52.6 Å². The second kappa shape index (κ2) is 11.4. The molecular weight excluding hydrogens is 615 g/mol. The van der Waals surface area contributed by atoms with Gasteiger partial charge in [0.05, 0.1) is 5.56 Å². The van der Waals surface area contributed by atoms with Crippen LogP contribution >= 0.6 is 0 Å². The summed E-state index contributed by atoms with van der Waals surface area (Å²) in [6, 6.07) is 55.8. The molecule has 0 atom stereocenters. The first-order chi connectivity index (χ1) is 24.8. The van der Waals surface area contributed by atoms with Gasteiger partial charge in [-0.15, -0.1) is 0 Å². The van der Waals surface area contributed by atoms with E-state index in [1.165, 1.54) is 0 Å². The first-order valence-corrected chi connectivity index (χ1v) is 16.6. The van der Waals surface area contributed by atoms with Crippen molar-refractivity contribution in [2.45, 2.75) is 0 Å². The molecule has 0 unspecified atom stereocenters. The Balaban J connectivity index is 1.16. The predicted molar refractivity (Wildman–Crippen MR) is 202 cm³/mol. The highest BCUT2D eigenvalue weighted by molar-refractivity contribution is 6.12. The van der Waals surface area contributed by atoms with Gasteiger partial charge in [-0.25, -0.2) is 15.0 Å². The van der Waals surface area contributed by atoms with Crippen molar-refractivity contribution in [3.63, 3.8) is 0 Å². The fourth-order valence-electron chi connectivity index (χ4n) is 6.96. The van der Waals surface area contributed by atoms with Gasteiger partial charge < -0.3 is 8.83 Å². The van der Waals surface area contributed by atoms with Crippen molar-refractivity contribution in [1.82, 2.24) is 15.0 Å². The summed E-state index contributed by atoms with van der Waals surface area (Å²) < 4.78 is 12.6. The summed E-state index contributed by atoms with van der Waals surface area (Å²) in [6.07, 6.45) is 0. The summed E-state index contributed by atoms with van der Waals surface area (Å²) in [5.74, 6) is 1.72. The fourth-order valence-corrected chi connectivity index (χ4v) is 6.96. The van der Waals surface area contributed by atoms with Crippen LogP contribution in [0.4, 0.5) is 0 Å². The van der Waals surface area contributed by atoms with E-state index in [4.69, 9.17) is 23.8 Å². The Hall–Kier alpha value is -6.85. The topological polar surface area (TPSA) is 65.0 Å². The number of benzene rings is 7. The van der Waals surface area contributed by atoms with Gasteiger partial charge in [0, 0.05) is 32.7 Å². The van der Waals surface area contributed by atoms with Crippen LogP contribution in [0.3, 0.4) is 0 Å². The molecule has 10 rings (SSSR count). The third kappa shape index (κ3) is 4.67. The summed E-state index contributed by atoms with van der Waals surface area (Å²) in [5.41, 5.74) is 10.3. The number of hydrogen-bond donors (Lipinski definition) is 0. The summed E-state index contributed by atoms with van der Waals surface area (Å²) in [5, 5.41) is 4.26. The van der Waals surface area contributed by atoms with E-state index < -0.39 is 0 Å². The van der Waals surface area contributed by atoms with Crippen molar-refractivity contribution in [1.29, 1.82) is 0 Å². The molecule has 0 fully saturated rings. The average molecular weight is 642 g/mol. The minimum absolute atomic E-state index is 0.551. The van der Waals surface area contributed by atoms with Crippen molar-refractivity contribution in [2.75, 3.05) is 0 Å². The number of rotatable bonds is 5. The van der Waals surface area contributed by atoms with Crippen LogP contribution in [-0.2, 0) is 0 Å². The average Bonchev–Trinajstić information content (AvgIpc) is 3.77. The van der Waals surface area contributed by atoms with E-state index in [2.05, 4.69) is 97.1 Å². The summed E-state index contributed by atoms with van der Waals surface area (Å²) in [6.45, 7) is 0. The van der Waals surface area contributed by atoms with Gasteiger partial charge in [0.1, 0.15) is 22.3 Å². The number of furan rings is 2. The maximum atomic E-state index is 6.43. The molecule has 5 nitrogen and oxygen atoms in total. The van der Waals surface area contributed by atoms with Crippen molar-refractivity contribution >= 4 is 43.9 Å². The number of nitrogens with zero attached hydrogens (tertiary/aromatic N) is 3. The minimum Gasteiger partial charge on any atom is -0.456 e. The van der Waals surface area contributed by atoms with Gasteiger partial charge >= 0.3 is 0 Å². The second-order valence-electron chi connectivity index (χ2n) is 12.4. The number of aromatic nitrogens is 3. The minimum atomic E-state index is 0.551. The van der Waals surface area contributed by atoms with Crippen molar-refractivity contribution in [3.05, 3.63) is 164 Å². The third-order valence-corrected chi connectivity index (χ3v) is 9.37. The monoisotopic (exact) mass is 641 g/mol. The first kappa shape index (κ1) is 28.2. The van der Waals surface area contributed by atoms with Crippen LogP contribution in [0.2, 0.25) is 0 Å². The second-order valence-corrected chi connectivity index (χ2v) is 12.4. The molecule has 5 heteroatoms. The maximum Gasteiger partial charge on any atom is 0.167 e. The highest BCUT2D eigenvalue weighted by Crippen LogP contribution is 2.39. The molecule has 10 aromatic rings. The molecule has 3 heterocycles. The zero-order chi connectivity index (χ0) is 33.0. The molecule has 0 aliphatic carbocycles. The van der Waals surface area contributed by atoms with E-state index in [1.807, 2.05) is 66.7 Å². The standard InChI is InChI=1S/C45H27N3O2/c1-2-11-28(12-3-1)29-23-25-30(26-24-29)43-46-44(48-45(47-43)37-19-9-18-35-34-15-4-6-20-38(34)50-42(35)37)32-14-8-13-31(27-32)33-17-10-22-40-41(33)36-16-5-7-21-39(36)49-40/h1-27H. The van der Waals surface area contributed by atoms with E-state index in [0.717, 1.165) is 82.8 Å². The van der Waals surface area contributed by atoms with E-state index in [9.17, 15) is 0 Å². The molecule has 50 heavy (non-hydrogen) atoms. The van der Waals surface area contributed by atoms with Crippen LogP contribution in [0.25, 0.3) is 100 Å². The van der Waals surface area contributed by atoms with Gasteiger partial charge in [-0.3, -0.25) is 0 Å². The highest BCUT2D eigenvalue weighted by atomic mass is 16.3. The Morgan fingerprint density at radius 3 is 1.70 bits per heavy atom. The predicted octanol–water partition coefficient (Wildman–Crippen LogP) is 12.0. The lowest BCUT2D eigenvalue weighted by Gasteiger charge is -2.11. The molecule has 234 valence electrons. The van der Waals surface area contributed by atoms with Gasteiger partial charge in [0.15, 0.2) is 17.5 Å². The molecule has 0 bridgehead atoms. The van der Waals surface area contributed by atoms with E-state index >= 15 is 0 Å². The van der Waals surface area contributed by atoms with Crippen LogP contribution in [0.15, 0.2) is 173 Å². The Kier molecular flexibility index (Phi) is 6.42. The number of hydrogen-bond acceptors (Lipinski definition) is 5.